The maximum absolute atomic E-state index is 4.42. The summed E-state index contributed by atoms with van der Waals surface area (Å²) in [6.45, 7) is 5.95. The van der Waals surface area contributed by atoms with Crippen LogP contribution < -0.4 is 5.32 Å². The van der Waals surface area contributed by atoms with Gasteiger partial charge in [-0.1, -0.05) is 20.3 Å². The molecule has 0 spiro atoms. The number of nitrogens with one attached hydrogen (secondary N) is 1. The summed E-state index contributed by atoms with van der Waals surface area (Å²) in [7, 11) is 0. The number of aromatic nitrogens is 2. The van der Waals surface area contributed by atoms with E-state index in [-0.39, 0.29) is 0 Å². The molecule has 2 heterocycles. The lowest BCUT2D eigenvalue weighted by atomic mass is 9.96. The second kappa shape index (κ2) is 5.04. The highest BCUT2D eigenvalue weighted by atomic mass is 15.1. The summed E-state index contributed by atoms with van der Waals surface area (Å²) in [4.78, 5) is 4.42. The van der Waals surface area contributed by atoms with E-state index in [0.29, 0.717) is 12.1 Å². The standard InChI is InChI=1S/C15H25N3/c1-11-6-7-14(12(11)2)18-10-16-9-15(18)13-5-3-4-8-17-13/h9-14,17H,3-8H2,1-2H3. The number of nitrogens with zero attached hydrogens (tertiary/aromatic N) is 2. The summed E-state index contributed by atoms with van der Waals surface area (Å²) in [6.07, 6.45) is 10.8. The van der Waals surface area contributed by atoms with Crippen LogP contribution in [-0.4, -0.2) is 16.1 Å². The van der Waals surface area contributed by atoms with Gasteiger partial charge in [0.1, 0.15) is 0 Å². The first-order chi connectivity index (χ1) is 8.77. The molecule has 0 radical (unpaired) electrons. The highest BCUT2D eigenvalue weighted by Crippen LogP contribution is 2.41. The molecule has 1 aromatic heterocycles. The van der Waals surface area contributed by atoms with Crippen molar-refractivity contribution in [2.45, 2.75) is 58.0 Å². The lowest BCUT2D eigenvalue weighted by Crippen LogP contribution is -2.29. The summed E-state index contributed by atoms with van der Waals surface area (Å²) in [5, 5.41) is 3.65. The number of hydrogen-bond acceptors (Lipinski definition) is 2. The van der Waals surface area contributed by atoms with Crippen molar-refractivity contribution in [2.24, 2.45) is 11.8 Å². The predicted octanol–water partition coefficient (Wildman–Crippen LogP) is 3.30. The van der Waals surface area contributed by atoms with Gasteiger partial charge in [0.05, 0.1) is 12.0 Å². The maximum atomic E-state index is 4.42. The number of piperidine rings is 1. The van der Waals surface area contributed by atoms with E-state index in [1.54, 1.807) is 0 Å². The Morgan fingerprint density at radius 3 is 2.78 bits per heavy atom. The normalized spacial score (nSPS) is 37.0. The Morgan fingerprint density at radius 1 is 1.22 bits per heavy atom. The smallest absolute Gasteiger partial charge is 0.0951 e. The van der Waals surface area contributed by atoms with E-state index in [1.807, 2.05) is 0 Å². The van der Waals surface area contributed by atoms with Gasteiger partial charge in [0.15, 0.2) is 0 Å². The van der Waals surface area contributed by atoms with Crippen LogP contribution in [0.15, 0.2) is 12.5 Å². The molecule has 3 heteroatoms. The first kappa shape index (κ1) is 12.2. The van der Waals surface area contributed by atoms with Crippen LogP contribution in [0, 0.1) is 11.8 Å². The molecule has 3 rings (SSSR count). The molecule has 1 aliphatic heterocycles. The minimum absolute atomic E-state index is 0.532. The quantitative estimate of drug-likeness (QED) is 0.869. The Balaban J connectivity index is 1.82. The minimum Gasteiger partial charge on any atom is -0.330 e. The predicted molar refractivity (Wildman–Crippen MR) is 73.4 cm³/mol. The SMILES string of the molecule is CC1CCC(n2cncc2C2CCCCN2)C1C. The number of imidazole rings is 1. The Bertz CT molecular complexity index is 392. The van der Waals surface area contributed by atoms with Crippen molar-refractivity contribution in [3.63, 3.8) is 0 Å². The van der Waals surface area contributed by atoms with Crippen molar-refractivity contribution < 1.29 is 0 Å². The molecule has 1 N–H and O–H groups in total. The Kier molecular flexibility index (Phi) is 3.42. The van der Waals surface area contributed by atoms with E-state index in [2.05, 4.69) is 41.2 Å². The minimum atomic E-state index is 0.532. The average Bonchev–Trinajstić information content (AvgIpc) is 2.99. The van der Waals surface area contributed by atoms with E-state index < -0.39 is 0 Å². The molecule has 18 heavy (non-hydrogen) atoms. The van der Waals surface area contributed by atoms with Crippen LogP contribution in [0.3, 0.4) is 0 Å². The van der Waals surface area contributed by atoms with Gasteiger partial charge >= 0.3 is 0 Å². The van der Waals surface area contributed by atoms with Crippen molar-refractivity contribution in [3.8, 4) is 0 Å². The van der Waals surface area contributed by atoms with Crippen LogP contribution in [-0.2, 0) is 0 Å². The zero-order valence-electron chi connectivity index (χ0n) is 11.6. The highest BCUT2D eigenvalue weighted by molar-refractivity contribution is 5.09. The van der Waals surface area contributed by atoms with Crippen molar-refractivity contribution in [1.82, 2.24) is 14.9 Å². The van der Waals surface area contributed by atoms with Gasteiger partial charge in [0.2, 0.25) is 0 Å². The Morgan fingerprint density at radius 2 is 2.11 bits per heavy atom. The molecule has 0 amide bonds. The monoisotopic (exact) mass is 247 g/mol. The highest BCUT2D eigenvalue weighted by Gasteiger charge is 2.33. The molecule has 1 aromatic rings. The molecule has 1 saturated heterocycles. The molecule has 3 nitrogen and oxygen atoms in total. The van der Waals surface area contributed by atoms with E-state index in [0.717, 1.165) is 18.4 Å². The van der Waals surface area contributed by atoms with Crippen molar-refractivity contribution in [1.29, 1.82) is 0 Å². The lowest BCUT2D eigenvalue weighted by molar-refractivity contribution is 0.325. The van der Waals surface area contributed by atoms with Gasteiger partial charge in [0, 0.05) is 18.3 Å². The van der Waals surface area contributed by atoms with Gasteiger partial charge < -0.3 is 9.88 Å². The van der Waals surface area contributed by atoms with Gasteiger partial charge in [-0.25, -0.2) is 4.98 Å². The summed E-state index contributed by atoms with van der Waals surface area (Å²) in [5.74, 6) is 1.63. The lowest BCUT2D eigenvalue weighted by Gasteiger charge is -2.28. The molecule has 0 aromatic carbocycles. The van der Waals surface area contributed by atoms with Crippen LogP contribution in [0.4, 0.5) is 0 Å². The van der Waals surface area contributed by atoms with E-state index in [1.165, 1.54) is 37.8 Å². The van der Waals surface area contributed by atoms with E-state index >= 15 is 0 Å². The molecular formula is C15H25N3. The Labute approximate surface area is 110 Å². The molecule has 0 bridgehead atoms. The molecular weight excluding hydrogens is 222 g/mol. The third-order valence-corrected chi connectivity index (χ3v) is 5.14. The van der Waals surface area contributed by atoms with Crippen LogP contribution >= 0.6 is 0 Å². The van der Waals surface area contributed by atoms with Gasteiger partial charge in [-0.3, -0.25) is 0 Å². The van der Waals surface area contributed by atoms with Crippen LogP contribution in [0.5, 0.6) is 0 Å². The molecule has 100 valence electrons. The van der Waals surface area contributed by atoms with Crippen LogP contribution in [0.1, 0.15) is 63.7 Å². The fraction of sp³-hybridized carbons (Fsp3) is 0.800. The fourth-order valence-corrected chi connectivity index (χ4v) is 3.70. The fourth-order valence-electron chi connectivity index (χ4n) is 3.70. The van der Waals surface area contributed by atoms with E-state index in [4.69, 9.17) is 0 Å². The van der Waals surface area contributed by atoms with Crippen LogP contribution in [0.25, 0.3) is 0 Å². The second-order valence-corrected chi connectivity index (χ2v) is 6.21. The first-order valence-electron chi connectivity index (χ1n) is 7.52. The van der Waals surface area contributed by atoms with Crippen LogP contribution in [0.2, 0.25) is 0 Å². The van der Waals surface area contributed by atoms with Gasteiger partial charge in [-0.05, 0) is 44.1 Å². The second-order valence-electron chi connectivity index (χ2n) is 6.21. The van der Waals surface area contributed by atoms with Crippen molar-refractivity contribution in [2.75, 3.05) is 6.54 Å². The molecule has 4 atom stereocenters. The van der Waals surface area contributed by atoms with Gasteiger partial charge in [-0.15, -0.1) is 0 Å². The number of rotatable bonds is 2. The first-order valence-corrected chi connectivity index (χ1v) is 7.52. The Hall–Kier alpha value is -0.830. The maximum Gasteiger partial charge on any atom is 0.0951 e. The summed E-state index contributed by atoms with van der Waals surface area (Å²) in [5.41, 5.74) is 1.42. The molecule has 4 unspecified atom stereocenters. The largest absolute Gasteiger partial charge is 0.330 e. The third-order valence-electron chi connectivity index (χ3n) is 5.14. The third kappa shape index (κ3) is 2.09. The summed E-state index contributed by atoms with van der Waals surface area (Å²) >= 11 is 0. The molecule has 2 aliphatic rings. The summed E-state index contributed by atoms with van der Waals surface area (Å²) in [6, 6.07) is 1.20. The van der Waals surface area contributed by atoms with Crippen molar-refractivity contribution in [3.05, 3.63) is 18.2 Å². The molecule has 1 aliphatic carbocycles. The summed E-state index contributed by atoms with van der Waals surface area (Å²) < 4.78 is 2.47. The van der Waals surface area contributed by atoms with Gasteiger partial charge in [0.25, 0.3) is 0 Å². The van der Waals surface area contributed by atoms with E-state index in [9.17, 15) is 0 Å². The average molecular weight is 247 g/mol. The topological polar surface area (TPSA) is 29.9 Å². The molecule has 1 saturated carbocycles. The zero-order valence-corrected chi connectivity index (χ0v) is 11.6. The number of hydrogen-bond donors (Lipinski definition) is 1. The van der Waals surface area contributed by atoms with Crippen molar-refractivity contribution >= 4 is 0 Å². The molecule has 2 fully saturated rings. The zero-order chi connectivity index (χ0) is 12.5. The van der Waals surface area contributed by atoms with Gasteiger partial charge in [-0.2, -0.15) is 0 Å².